The summed E-state index contributed by atoms with van der Waals surface area (Å²) >= 11 is 0. The maximum absolute atomic E-state index is 9.82. The largest absolute Gasteiger partial charge is 0.396 e. The minimum Gasteiger partial charge on any atom is -0.396 e. The first-order valence-electron chi connectivity index (χ1n) is 11.8. The quantitative estimate of drug-likeness (QED) is 0.373. The third-order valence-electron chi connectivity index (χ3n) is 6.54. The van der Waals surface area contributed by atoms with E-state index in [1.54, 1.807) is 7.05 Å². The van der Waals surface area contributed by atoms with Crippen LogP contribution < -0.4 is 5.32 Å². The van der Waals surface area contributed by atoms with Crippen molar-refractivity contribution in [2.24, 2.45) is 10.4 Å². The Morgan fingerprint density at radius 1 is 1.32 bits per heavy atom. The topological polar surface area (TPSA) is 73.6 Å². The Morgan fingerprint density at radius 2 is 2.09 bits per heavy atom. The molecule has 1 aliphatic rings. The molecule has 0 saturated heterocycles. The van der Waals surface area contributed by atoms with Crippen molar-refractivity contribution in [3.63, 3.8) is 0 Å². The lowest BCUT2D eigenvalue weighted by Gasteiger charge is -2.46. The number of benzene rings is 1. The zero-order chi connectivity index (χ0) is 24.7. The first kappa shape index (κ1) is 25.4. The third kappa shape index (κ3) is 5.62. The second kappa shape index (κ2) is 11.3. The second-order valence-electron chi connectivity index (χ2n) is 9.18. The van der Waals surface area contributed by atoms with Crippen LogP contribution in [-0.2, 0) is 0 Å². The molecule has 180 valence electrons. The van der Waals surface area contributed by atoms with Crippen LogP contribution in [0.25, 0.3) is 22.5 Å². The number of rotatable bonds is 10. The maximum Gasteiger partial charge on any atom is 0.161 e. The van der Waals surface area contributed by atoms with Crippen LogP contribution in [0.15, 0.2) is 60.4 Å². The standard InChI is InChI=1S/C28H37N5O/c1-7-20(16-29-4)25-17-30-26(32-27(25)31-24-14-28(9-3,15-24)19-34)23-12-10-11-22(13-23)21(8-2)18-33(5)6/h7-8,10-13,16-18,24,34H,2,9,14-15,19H2,1,3-6H3,(H,30,31,32)/b20-7+,21-18+,29-16-. The highest BCUT2D eigenvalue weighted by Crippen LogP contribution is 2.45. The average molecular weight is 460 g/mol. The van der Waals surface area contributed by atoms with Gasteiger partial charge < -0.3 is 15.3 Å². The smallest absolute Gasteiger partial charge is 0.161 e. The first-order chi connectivity index (χ1) is 16.4. The molecule has 1 aromatic heterocycles. The van der Waals surface area contributed by atoms with Crippen LogP contribution >= 0.6 is 0 Å². The van der Waals surface area contributed by atoms with E-state index in [0.29, 0.717) is 5.82 Å². The Hall–Kier alpha value is -3.25. The van der Waals surface area contributed by atoms with Gasteiger partial charge >= 0.3 is 0 Å². The number of hydrogen-bond donors (Lipinski definition) is 2. The number of allylic oxidation sites excluding steroid dienone is 4. The molecule has 3 rings (SSSR count). The number of hydrogen-bond acceptors (Lipinski definition) is 6. The van der Waals surface area contributed by atoms with Gasteiger partial charge in [0.1, 0.15) is 5.82 Å². The minimum absolute atomic E-state index is 0.0240. The fourth-order valence-electron chi connectivity index (χ4n) is 4.45. The van der Waals surface area contributed by atoms with Crippen molar-refractivity contribution >= 4 is 23.2 Å². The van der Waals surface area contributed by atoms with Gasteiger partial charge in [-0.2, -0.15) is 0 Å². The monoisotopic (exact) mass is 459 g/mol. The lowest BCUT2D eigenvalue weighted by atomic mass is 9.64. The van der Waals surface area contributed by atoms with Gasteiger partial charge in [-0.05, 0) is 48.8 Å². The van der Waals surface area contributed by atoms with Crippen molar-refractivity contribution < 1.29 is 5.11 Å². The van der Waals surface area contributed by atoms with E-state index in [4.69, 9.17) is 9.97 Å². The summed E-state index contributed by atoms with van der Waals surface area (Å²) in [6.45, 7) is 8.33. The second-order valence-corrected chi connectivity index (χ2v) is 9.18. The van der Waals surface area contributed by atoms with Crippen molar-refractivity contribution in [3.05, 3.63) is 66.5 Å². The molecule has 34 heavy (non-hydrogen) atoms. The zero-order valence-corrected chi connectivity index (χ0v) is 21.0. The molecule has 1 fully saturated rings. The van der Waals surface area contributed by atoms with Crippen LogP contribution in [0.1, 0.15) is 44.2 Å². The highest BCUT2D eigenvalue weighted by atomic mass is 16.3. The van der Waals surface area contributed by atoms with Gasteiger partial charge in [0.25, 0.3) is 0 Å². The highest BCUT2D eigenvalue weighted by molar-refractivity contribution is 6.11. The minimum atomic E-state index is 0.0240. The molecule has 1 heterocycles. The van der Waals surface area contributed by atoms with Crippen LogP contribution in [-0.4, -0.2) is 60.0 Å². The molecule has 0 amide bonds. The maximum atomic E-state index is 9.82. The Kier molecular flexibility index (Phi) is 8.40. The van der Waals surface area contributed by atoms with E-state index in [1.165, 1.54) is 0 Å². The number of aliphatic hydroxyl groups excluding tert-OH is 1. The molecule has 6 nitrogen and oxygen atoms in total. The van der Waals surface area contributed by atoms with Crippen molar-refractivity contribution in [1.82, 2.24) is 14.9 Å². The van der Waals surface area contributed by atoms with Crippen molar-refractivity contribution in [2.45, 2.75) is 39.2 Å². The summed E-state index contributed by atoms with van der Waals surface area (Å²) in [6, 6.07) is 8.48. The predicted octanol–water partition coefficient (Wildman–Crippen LogP) is 5.30. The van der Waals surface area contributed by atoms with Crippen LogP contribution in [0.3, 0.4) is 0 Å². The molecule has 1 aromatic carbocycles. The molecule has 1 aliphatic carbocycles. The van der Waals surface area contributed by atoms with E-state index < -0.39 is 0 Å². The molecule has 0 unspecified atom stereocenters. The van der Waals surface area contributed by atoms with E-state index in [2.05, 4.69) is 35.9 Å². The Balaban J connectivity index is 2.00. The summed E-state index contributed by atoms with van der Waals surface area (Å²) in [7, 11) is 5.75. The Bertz CT molecular complexity index is 1090. The van der Waals surface area contributed by atoms with Crippen LogP contribution in [0.2, 0.25) is 0 Å². The van der Waals surface area contributed by atoms with Crippen LogP contribution in [0.4, 0.5) is 5.82 Å². The zero-order valence-electron chi connectivity index (χ0n) is 21.0. The molecule has 0 radical (unpaired) electrons. The number of aliphatic hydroxyl groups is 1. The van der Waals surface area contributed by atoms with E-state index in [1.807, 2.05) is 68.8 Å². The molecule has 2 N–H and O–H groups in total. The summed E-state index contributed by atoms with van der Waals surface area (Å²) < 4.78 is 0. The van der Waals surface area contributed by atoms with Crippen molar-refractivity contribution in [3.8, 4) is 11.4 Å². The fraction of sp³-hybridized carbons (Fsp3) is 0.393. The van der Waals surface area contributed by atoms with E-state index in [-0.39, 0.29) is 18.1 Å². The molecule has 2 aromatic rings. The van der Waals surface area contributed by atoms with Gasteiger partial charge in [-0.1, -0.05) is 43.9 Å². The number of aromatic nitrogens is 2. The summed E-state index contributed by atoms with van der Waals surface area (Å²) in [5.41, 5.74) is 4.95. The summed E-state index contributed by atoms with van der Waals surface area (Å²) in [5, 5.41) is 13.4. The van der Waals surface area contributed by atoms with E-state index >= 15 is 0 Å². The Labute approximate surface area is 203 Å². The van der Waals surface area contributed by atoms with Gasteiger partial charge in [-0.15, -0.1) is 0 Å². The normalized spacial score (nSPS) is 20.8. The number of aliphatic imine (C=N–C) groups is 1. The number of nitrogens with one attached hydrogen (secondary N) is 1. The molecular formula is C28H37N5O. The molecule has 0 spiro atoms. The molecule has 0 atom stereocenters. The summed E-state index contributed by atoms with van der Waals surface area (Å²) in [6.07, 6.45) is 12.5. The lowest BCUT2D eigenvalue weighted by molar-refractivity contribution is 0.0303. The Morgan fingerprint density at radius 3 is 2.68 bits per heavy atom. The molecule has 0 bridgehead atoms. The number of nitrogens with zero attached hydrogens (tertiary/aromatic N) is 4. The average Bonchev–Trinajstić information content (AvgIpc) is 2.83. The van der Waals surface area contributed by atoms with Crippen LogP contribution in [0.5, 0.6) is 0 Å². The van der Waals surface area contributed by atoms with Gasteiger partial charge in [0.15, 0.2) is 5.82 Å². The molecule has 1 saturated carbocycles. The van der Waals surface area contributed by atoms with Gasteiger partial charge in [-0.25, -0.2) is 9.97 Å². The SMILES string of the molecule is C=C/C(=C\N(C)C)c1cccc(-c2ncc(C(/C=N\C)=C/C)c(NC3CC(CC)(CO)C3)n2)c1. The molecule has 6 heteroatoms. The highest BCUT2D eigenvalue weighted by Gasteiger charge is 2.42. The van der Waals surface area contributed by atoms with Gasteiger partial charge in [0.2, 0.25) is 0 Å². The van der Waals surface area contributed by atoms with Crippen LogP contribution in [0, 0.1) is 5.41 Å². The molecular weight excluding hydrogens is 422 g/mol. The van der Waals surface area contributed by atoms with Crippen molar-refractivity contribution in [1.29, 1.82) is 0 Å². The predicted molar refractivity (Wildman–Crippen MR) is 144 cm³/mol. The van der Waals surface area contributed by atoms with Crippen molar-refractivity contribution in [2.75, 3.05) is 33.1 Å². The van der Waals surface area contributed by atoms with E-state index in [9.17, 15) is 5.11 Å². The third-order valence-corrected chi connectivity index (χ3v) is 6.54. The first-order valence-corrected chi connectivity index (χ1v) is 11.8. The van der Waals surface area contributed by atoms with E-state index in [0.717, 1.165) is 52.9 Å². The van der Waals surface area contributed by atoms with Gasteiger partial charge in [-0.3, -0.25) is 4.99 Å². The molecule has 0 aliphatic heterocycles. The lowest BCUT2D eigenvalue weighted by Crippen LogP contribution is -2.47. The van der Waals surface area contributed by atoms with Gasteiger partial charge in [0.05, 0.1) is 0 Å². The number of anilines is 1. The van der Waals surface area contributed by atoms with Gasteiger partial charge in [0, 0.05) is 69.1 Å². The summed E-state index contributed by atoms with van der Waals surface area (Å²) in [5.74, 6) is 1.46. The summed E-state index contributed by atoms with van der Waals surface area (Å²) in [4.78, 5) is 15.9. The fourth-order valence-corrected chi connectivity index (χ4v) is 4.45.